The number of carbonyl (C=O) groups excluding carboxylic acids is 1. The van der Waals surface area contributed by atoms with Crippen molar-refractivity contribution in [3.63, 3.8) is 0 Å². The van der Waals surface area contributed by atoms with Crippen molar-refractivity contribution in [1.29, 1.82) is 0 Å². The minimum Gasteiger partial charge on any atom is -0.334 e. The van der Waals surface area contributed by atoms with Crippen LogP contribution in [0.4, 0.5) is 0 Å². The molecule has 0 unspecified atom stereocenters. The lowest BCUT2D eigenvalue weighted by atomic mass is 9.90. The largest absolute Gasteiger partial charge is 0.334 e. The highest BCUT2D eigenvalue weighted by molar-refractivity contribution is 7.13. The molecule has 1 amide bonds. The van der Waals surface area contributed by atoms with Crippen LogP contribution in [0.1, 0.15) is 57.6 Å². The van der Waals surface area contributed by atoms with Crippen molar-refractivity contribution in [3.8, 4) is 10.7 Å². The molecule has 1 aliphatic heterocycles. The molecular formula is C18H24N4OS. The zero-order chi connectivity index (χ0) is 17.3. The molecule has 0 aromatic carbocycles. The van der Waals surface area contributed by atoms with Crippen molar-refractivity contribution in [2.75, 3.05) is 6.54 Å². The van der Waals surface area contributed by atoms with E-state index in [0.717, 1.165) is 48.0 Å². The quantitative estimate of drug-likeness (QED) is 0.826. The highest BCUT2D eigenvalue weighted by Gasteiger charge is 2.35. The molecule has 3 heterocycles. The number of amides is 1. The smallest absolute Gasteiger partial charge is 0.228 e. The summed E-state index contributed by atoms with van der Waals surface area (Å²) in [6, 6.07) is 2.04. The van der Waals surface area contributed by atoms with Crippen LogP contribution in [0.3, 0.4) is 0 Å². The van der Waals surface area contributed by atoms with Gasteiger partial charge in [0.15, 0.2) is 0 Å². The van der Waals surface area contributed by atoms with Gasteiger partial charge in [-0.1, -0.05) is 20.8 Å². The molecule has 5 nitrogen and oxygen atoms in total. The molecular weight excluding hydrogens is 320 g/mol. The van der Waals surface area contributed by atoms with Gasteiger partial charge in [-0.3, -0.25) is 4.79 Å². The van der Waals surface area contributed by atoms with E-state index in [0.29, 0.717) is 0 Å². The van der Waals surface area contributed by atoms with Crippen LogP contribution in [0.2, 0.25) is 0 Å². The summed E-state index contributed by atoms with van der Waals surface area (Å²) in [7, 11) is 0. The van der Waals surface area contributed by atoms with Gasteiger partial charge >= 0.3 is 0 Å². The minimum atomic E-state index is -0.379. The predicted octanol–water partition coefficient (Wildman–Crippen LogP) is 4.01. The second-order valence-corrected chi connectivity index (χ2v) is 8.22. The monoisotopic (exact) mass is 344 g/mol. The molecule has 1 fully saturated rings. The maximum Gasteiger partial charge on any atom is 0.228 e. The normalized spacial score (nSPS) is 18.7. The molecule has 6 heteroatoms. The Morgan fingerprint density at radius 2 is 2.08 bits per heavy atom. The Balaban J connectivity index is 1.98. The molecule has 24 heavy (non-hydrogen) atoms. The molecule has 0 saturated carbocycles. The van der Waals surface area contributed by atoms with Crippen molar-refractivity contribution in [3.05, 3.63) is 29.2 Å². The van der Waals surface area contributed by atoms with E-state index in [4.69, 9.17) is 0 Å². The van der Waals surface area contributed by atoms with Crippen LogP contribution < -0.4 is 0 Å². The molecule has 128 valence electrons. The molecule has 2 aromatic heterocycles. The Kier molecular flexibility index (Phi) is 4.67. The lowest BCUT2D eigenvalue weighted by molar-refractivity contribution is -0.143. The fourth-order valence-corrected chi connectivity index (χ4v) is 3.73. The molecule has 3 rings (SSSR count). The van der Waals surface area contributed by atoms with Gasteiger partial charge in [0.1, 0.15) is 16.5 Å². The van der Waals surface area contributed by atoms with Gasteiger partial charge in [-0.25, -0.2) is 15.0 Å². The number of piperidine rings is 1. The standard InChI is InChI=1S/C18H24N4OS/c1-12-20-13(11-14(21-12)16-19-8-10-24-16)15-7-5-6-9-22(15)17(23)18(2,3)4/h8,10-11,15H,5-7,9H2,1-4H3/t15-/m0/s1. The highest BCUT2D eigenvalue weighted by Crippen LogP contribution is 2.34. The highest BCUT2D eigenvalue weighted by atomic mass is 32.1. The topological polar surface area (TPSA) is 59.0 Å². The molecule has 0 N–H and O–H groups in total. The van der Waals surface area contributed by atoms with E-state index in [-0.39, 0.29) is 17.4 Å². The van der Waals surface area contributed by atoms with Gasteiger partial charge in [0.25, 0.3) is 0 Å². The fraction of sp³-hybridized carbons (Fsp3) is 0.556. The second kappa shape index (κ2) is 6.59. The van der Waals surface area contributed by atoms with Crippen molar-refractivity contribution in [1.82, 2.24) is 19.9 Å². The second-order valence-electron chi connectivity index (χ2n) is 7.32. The Hall–Kier alpha value is -1.82. The van der Waals surface area contributed by atoms with Crippen molar-refractivity contribution >= 4 is 17.2 Å². The number of nitrogens with zero attached hydrogens (tertiary/aromatic N) is 4. The van der Waals surface area contributed by atoms with Gasteiger partial charge < -0.3 is 4.90 Å². The average Bonchev–Trinajstić information content (AvgIpc) is 3.07. The lowest BCUT2D eigenvalue weighted by Crippen LogP contribution is -2.44. The number of rotatable bonds is 2. The number of aryl methyl sites for hydroxylation is 1. The molecule has 1 saturated heterocycles. The first-order valence-corrected chi connectivity index (χ1v) is 9.31. The number of hydrogen-bond acceptors (Lipinski definition) is 5. The average molecular weight is 344 g/mol. The zero-order valence-electron chi connectivity index (χ0n) is 14.7. The summed E-state index contributed by atoms with van der Waals surface area (Å²) in [5.41, 5.74) is 1.40. The van der Waals surface area contributed by atoms with Gasteiger partial charge in [-0.2, -0.15) is 0 Å². The molecule has 0 aliphatic carbocycles. The first-order chi connectivity index (χ1) is 11.4. The SMILES string of the molecule is Cc1nc(-c2nccs2)cc([C@@H]2CCCCN2C(=O)C(C)(C)C)n1. The molecule has 0 bridgehead atoms. The van der Waals surface area contributed by atoms with E-state index >= 15 is 0 Å². The fourth-order valence-electron chi connectivity index (χ4n) is 3.13. The maximum absolute atomic E-state index is 12.9. The van der Waals surface area contributed by atoms with E-state index in [2.05, 4.69) is 15.0 Å². The summed E-state index contributed by atoms with van der Waals surface area (Å²) in [5.74, 6) is 0.922. The lowest BCUT2D eigenvalue weighted by Gasteiger charge is -2.39. The van der Waals surface area contributed by atoms with Crippen molar-refractivity contribution in [2.45, 2.75) is 53.0 Å². The zero-order valence-corrected chi connectivity index (χ0v) is 15.6. The Morgan fingerprint density at radius 1 is 1.29 bits per heavy atom. The third kappa shape index (κ3) is 3.48. The van der Waals surface area contributed by atoms with Crippen LogP contribution in [0.15, 0.2) is 17.6 Å². The first-order valence-electron chi connectivity index (χ1n) is 8.43. The first kappa shape index (κ1) is 17.0. The molecule has 0 spiro atoms. The Bertz CT molecular complexity index is 721. The van der Waals surface area contributed by atoms with Crippen LogP contribution >= 0.6 is 11.3 Å². The summed E-state index contributed by atoms with van der Waals surface area (Å²) in [6.07, 6.45) is 4.92. The van der Waals surface area contributed by atoms with E-state index in [1.807, 2.05) is 44.0 Å². The summed E-state index contributed by atoms with van der Waals surface area (Å²) >= 11 is 1.57. The number of carbonyl (C=O) groups is 1. The third-order valence-corrected chi connectivity index (χ3v) is 5.05. The van der Waals surface area contributed by atoms with E-state index in [9.17, 15) is 4.79 Å². The summed E-state index contributed by atoms with van der Waals surface area (Å²) in [4.78, 5) is 28.4. The summed E-state index contributed by atoms with van der Waals surface area (Å²) in [5, 5.41) is 2.84. The van der Waals surface area contributed by atoms with Crippen LogP contribution in [0.5, 0.6) is 0 Å². The van der Waals surface area contributed by atoms with Gasteiger partial charge in [0.2, 0.25) is 5.91 Å². The summed E-state index contributed by atoms with van der Waals surface area (Å²) in [6.45, 7) is 8.64. The summed E-state index contributed by atoms with van der Waals surface area (Å²) < 4.78 is 0. The molecule has 0 radical (unpaired) electrons. The van der Waals surface area contributed by atoms with E-state index in [1.165, 1.54) is 0 Å². The van der Waals surface area contributed by atoms with Crippen molar-refractivity contribution < 1.29 is 4.79 Å². The number of aromatic nitrogens is 3. The van der Waals surface area contributed by atoms with E-state index < -0.39 is 0 Å². The van der Waals surface area contributed by atoms with Gasteiger partial charge in [-0.05, 0) is 32.3 Å². The molecule has 2 aromatic rings. The minimum absolute atomic E-state index is 0.0332. The maximum atomic E-state index is 12.9. The van der Waals surface area contributed by atoms with Crippen molar-refractivity contribution in [2.24, 2.45) is 5.41 Å². The number of thiazole rings is 1. The number of hydrogen-bond donors (Lipinski definition) is 0. The van der Waals surface area contributed by atoms with Gasteiger partial charge in [-0.15, -0.1) is 11.3 Å². The molecule has 1 aliphatic rings. The van der Waals surface area contributed by atoms with Gasteiger partial charge in [0.05, 0.1) is 11.7 Å². The molecule has 1 atom stereocenters. The Morgan fingerprint density at radius 3 is 2.75 bits per heavy atom. The number of likely N-dealkylation sites (tertiary alicyclic amines) is 1. The van der Waals surface area contributed by atoms with Gasteiger partial charge in [0, 0.05) is 23.5 Å². The van der Waals surface area contributed by atoms with Crippen LogP contribution in [0.25, 0.3) is 10.7 Å². The van der Waals surface area contributed by atoms with Crippen LogP contribution in [-0.2, 0) is 4.79 Å². The van der Waals surface area contributed by atoms with Crippen LogP contribution in [0, 0.1) is 12.3 Å². The van der Waals surface area contributed by atoms with Crippen LogP contribution in [-0.4, -0.2) is 32.3 Å². The third-order valence-electron chi connectivity index (χ3n) is 4.26. The predicted molar refractivity (Wildman–Crippen MR) is 95.6 cm³/mol. The van der Waals surface area contributed by atoms with E-state index in [1.54, 1.807) is 17.5 Å². The Labute approximate surface area is 147 Å².